The highest BCUT2D eigenvalue weighted by atomic mass is 35.5. The topological polar surface area (TPSA) is 32.9 Å². The first kappa shape index (κ1) is 9.84. The molecule has 2 nitrogen and oxygen atoms in total. The quantitative estimate of drug-likeness (QED) is 0.711. The van der Waals surface area contributed by atoms with Crippen LogP contribution in [0, 0.1) is 0 Å². The van der Waals surface area contributed by atoms with E-state index in [4.69, 9.17) is 34.8 Å². The van der Waals surface area contributed by atoms with Crippen molar-refractivity contribution in [1.82, 2.24) is 4.98 Å². The number of nitrogens with one attached hydrogen (secondary N) is 1. The monoisotopic (exact) mass is 247 g/mol. The van der Waals surface area contributed by atoms with Gasteiger partial charge in [0, 0.05) is 11.1 Å². The summed E-state index contributed by atoms with van der Waals surface area (Å²) in [6, 6.07) is 4.41. The molecule has 2 aromatic rings. The Morgan fingerprint density at radius 1 is 1.07 bits per heavy atom. The molecule has 72 valence electrons. The number of halogens is 3. The van der Waals surface area contributed by atoms with E-state index in [0.717, 1.165) is 0 Å². The highest BCUT2D eigenvalue weighted by Gasteiger charge is 2.06. The molecule has 0 fully saturated rings. The Hall–Kier alpha value is -0.700. The molecule has 0 saturated carbocycles. The van der Waals surface area contributed by atoms with E-state index < -0.39 is 0 Å². The van der Waals surface area contributed by atoms with Crippen molar-refractivity contribution in [3.63, 3.8) is 0 Å². The molecule has 0 spiro atoms. The van der Waals surface area contributed by atoms with E-state index in [1.54, 1.807) is 6.07 Å². The normalized spacial score (nSPS) is 10.8. The minimum absolute atomic E-state index is 0.217. The molecule has 14 heavy (non-hydrogen) atoms. The fourth-order valence-electron chi connectivity index (χ4n) is 1.27. The van der Waals surface area contributed by atoms with Gasteiger partial charge in [-0.15, -0.1) is 0 Å². The molecule has 5 heteroatoms. The number of hydrogen-bond acceptors (Lipinski definition) is 1. The average Bonchev–Trinajstić information content (AvgIpc) is 1.99. The van der Waals surface area contributed by atoms with Crippen molar-refractivity contribution in [3.05, 3.63) is 43.6 Å². The van der Waals surface area contributed by atoms with Crippen LogP contribution in [0.1, 0.15) is 0 Å². The SMILES string of the molecule is O=c1cc(Cl)[nH]c2cc(Cl)cc(Cl)c12. The number of pyridine rings is 1. The molecule has 1 heterocycles. The summed E-state index contributed by atoms with van der Waals surface area (Å²) in [6.45, 7) is 0. The maximum Gasteiger partial charge on any atom is 0.192 e. The lowest BCUT2D eigenvalue weighted by Crippen LogP contribution is -2.01. The molecule has 1 aromatic carbocycles. The summed E-state index contributed by atoms with van der Waals surface area (Å²) in [5, 5.41) is 1.45. The van der Waals surface area contributed by atoms with Gasteiger partial charge in [-0.1, -0.05) is 34.8 Å². The molecule has 0 aliphatic carbocycles. The Kier molecular flexibility index (Phi) is 2.43. The molecule has 0 aliphatic heterocycles. The highest BCUT2D eigenvalue weighted by Crippen LogP contribution is 2.24. The zero-order chi connectivity index (χ0) is 10.3. The van der Waals surface area contributed by atoms with Gasteiger partial charge in [0.25, 0.3) is 0 Å². The summed E-state index contributed by atoms with van der Waals surface area (Å²) in [6.07, 6.45) is 0. The Morgan fingerprint density at radius 2 is 1.79 bits per heavy atom. The highest BCUT2D eigenvalue weighted by molar-refractivity contribution is 6.38. The lowest BCUT2D eigenvalue weighted by atomic mass is 10.2. The second kappa shape index (κ2) is 3.46. The predicted octanol–water partition coefficient (Wildman–Crippen LogP) is 3.49. The lowest BCUT2D eigenvalue weighted by molar-refractivity contribution is 1.39. The molecular formula is C9H4Cl3NO. The average molecular weight is 248 g/mol. The van der Waals surface area contributed by atoms with Gasteiger partial charge in [0.2, 0.25) is 0 Å². The van der Waals surface area contributed by atoms with E-state index in [9.17, 15) is 4.79 Å². The van der Waals surface area contributed by atoms with E-state index in [1.807, 2.05) is 0 Å². The van der Waals surface area contributed by atoms with Gasteiger partial charge in [-0.2, -0.15) is 0 Å². The summed E-state index contributed by atoms with van der Waals surface area (Å²) in [5.41, 5.74) is 0.324. The molecule has 0 amide bonds. The van der Waals surface area contributed by atoms with Gasteiger partial charge in [0.15, 0.2) is 5.43 Å². The van der Waals surface area contributed by atoms with Gasteiger partial charge in [0.1, 0.15) is 5.15 Å². The number of hydrogen-bond donors (Lipinski definition) is 1. The molecular weight excluding hydrogens is 244 g/mol. The predicted molar refractivity (Wildman–Crippen MR) is 59.6 cm³/mol. The van der Waals surface area contributed by atoms with Crippen LogP contribution in [0.2, 0.25) is 15.2 Å². The zero-order valence-corrected chi connectivity index (χ0v) is 9.04. The molecule has 0 radical (unpaired) electrons. The Balaban J connectivity index is 3.02. The minimum atomic E-state index is -0.217. The summed E-state index contributed by atoms with van der Waals surface area (Å²) < 4.78 is 0. The second-order valence-corrected chi connectivity index (χ2v) is 4.04. The number of fused-ring (bicyclic) bond motifs is 1. The molecule has 0 bridgehead atoms. The van der Waals surface area contributed by atoms with Crippen molar-refractivity contribution in [2.24, 2.45) is 0 Å². The summed E-state index contributed by atoms with van der Waals surface area (Å²) >= 11 is 17.3. The van der Waals surface area contributed by atoms with Gasteiger partial charge in [-0.3, -0.25) is 4.79 Å². The Bertz CT molecular complexity index is 556. The number of H-pyrrole nitrogens is 1. The van der Waals surface area contributed by atoms with E-state index in [2.05, 4.69) is 4.98 Å². The van der Waals surface area contributed by atoms with Crippen LogP contribution in [0.15, 0.2) is 23.0 Å². The molecule has 2 rings (SSSR count). The van der Waals surface area contributed by atoms with E-state index in [-0.39, 0.29) is 10.6 Å². The maximum absolute atomic E-state index is 11.5. The summed E-state index contributed by atoms with van der Waals surface area (Å²) in [7, 11) is 0. The molecule has 0 unspecified atom stereocenters. The standard InChI is InChI=1S/C9H4Cl3NO/c10-4-1-5(11)9-6(2-4)13-8(12)3-7(9)14/h1-3H,(H,13,14). The summed E-state index contributed by atoms with van der Waals surface area (Å²) in [5.74, 6) is 0. The van der Waals surface area contributed by atoms with Crippen LogP contribution < -0.4 is 5.43 Å². The van der Waals surface area contributed by atoms with Crippen molar-refractivity contribution in [2.75, 3.05) is 0 Å². The summed E-state index contributed by atoms with van der Waals surface area (Å²) in [4.78, 5) is 14.3. The van der Waals surface area contributed by atoms with E-state index >= 15 is 0 Å². The minimum Gasteiger partial charge on any atom is -0.345 e. The van der Waals surface area contributed by atoms with Crippen LogP contribution in [0.4, 0.5) is 0 Å². The number of aromatic amines is 1. The van der Waals surface area contributed by atoms with Crippen LogP contribution in [0.3, 0.4) is 0 Å². The van der Waals surface area contributed by atoms with Gasteiger partial charge >= 0.3 is 0 Å². The maximum atomic E-state index is 11.5. The number of aromatic nitrogens is 1. The third-order valence-electron chi connectivity index (χ3n) is 1.81. The van der Waals surface area contributed by atoms with Crippen molar-refractivity contribution in [1.29, 1.82) is 0 Å². The fraction of sp³-hybridized carbons (Fsp3) is 0. The first-order chi connectivity index (χ1) is 6.58. The Morgan fingerprint density at radius 3 is 2.50 bits per heavy atom. The first-order valence-corrected chi connectivity index (χ1v) is 4.89. The first-order valence-electron chi connectivity index (χ1n) is 3.75. The smallest absolute Gasteiger partial charge is 0.192 e. The number of benzene rings is 1. The second-order valence-electron chi connectivity index (χ2n) is 2.79. The van der Waals surface area contributed by atoms with Crippen molar-refractivity contribution >= 4 is 45.7 Å². The number of rotatable bonds is 0. The van der Waals surface area contributed by atoms with Crippen LogP contribution in [0.25, 0.3) is 10.9 Å². The van der Waals surface area contributed by atoms with Gasteiger partial charge in [0.05, 0.1) is 15.9 Å². The molecule has 1 aromatic heterocycles. The Labute approximate surface area is 94.4 Å². The van der Waals surface area contributed by atoms with Crippen LogP contribution >= 0.6 is 34.8 Å². The van der Waals surface area contributed by atoms with Crippen molar-refractivity contribution in [3.8, 4) is 0 Å². The van der Waals surface area contributed by atoms with Crippen LogP contribution in [0.5, 0.6) is 0 Å². The molecule has 1 N–H and O–H groups in total. The lowest BCUT2D eigenvalue weighted by Gasteiger charge is -2.01. The fourth-order valence-corrected chi connectivity index (χ4v) is 2.06. The third-order valence-corrected chi connectivity index (χ3v) is 2.53. The van der Waals surface area contributed by atoms with Crippen LogP contribution in [-0.4, -0.2) is 4.98 Å². The van der Waals surface area contributed by atoms with Crippen LogP contribution in [-0.2, 0) is 0 Å². The van der Waals surface area contributed by atoms with Crippen molar-refractivity contribution < 1.29 is 0 Å². The van der Waals surface area contributed by atoms with Crippen molar-refractivity contribution in [2.45, 2.75) is 0 Å². The molecule has 0 atom stereocenters. The molecule has 0 aliphatic rings. The third kappa shape index (κ3) is 1.61. The van der Waals surface area contributed by atoms with Gasteiger partial charge in [-0.05, 0) is 12.1 Å². The van der Waals surface area contributed by atoms with E-state index in [0.29, 0.717) is 20.9 Å². The largest absolute Gasteiger partial charge is 0.345 e. The van der Waals surface area contributed by atoms with Gasteiger partial charge < -0.3 is 4.98 Å². The molecule has 0 saturated heterocycles. The zero-order valence-electron chi connectivity index (χ0n) is 6.77. The van der Waals surface area contributed by atoms with Gasteiger partial charge in [-0.25, -0.2) is 0 Å². The van der Waals surface area contributed by atoms with E-state index in [1.165, 1.54) is 12.1 Å².